The molecule has 0 atom stereocenters. The number of methoxy groups -OCH3 is 1. The minimum Gasteiger partial charge on any atom is -0.492 e. The van der Waals surface area contributed by atoms with Gasteiger partial charge in [0.15, 0.2) is 0 Å². The zero-order chi connectivity index (χ0) is 16.5. The molecule has 0 radical (unpaired) electrons. The summed E-state index contributed by atoms with van der Waals surface area (Å²) in [4.78, 5) is 23.1. The normalized spacial score (nSPS) is 9.91. The van der Waals surface area contributed by atoms with Gasteiger partial charge in [0.1, 0.15) is 5.75 Å². The number of esters is 1. The molecule has 0 aliphatic heterocycles. The van der Waals surface area contributed by atoms with Crippen molar-refractivity contribution in [3.63, 3.8) is 0 Å². The number of carbonyl (C=O) groups excluding carboxylic acids is 2. The fourth-order valence-electron chi connectivity index (χ4n) is 1.71. The maximum Gasteiger partial charge on any atom is 0.340 e. The highest BCUT2D eigenvalue weighted by atomic mass is 16.5. The van der Waals surface area contributed by atoms with E-state index >= 15 is 0 Å². The van der Waals surface area contributed by atoms with Crippen LogP contribution in [-0.4, -0.2) is 25.6 Å². The van der Waals surface area contributed by atoms with Crippen molar-refractivity contribution in [2.45, 2.75) is 13.8 Å². The van der Waals surface area contributed by atoms with Crippen molar-refractivity contribution in [2.75, 3.05) is 24.4 Å². The number of rotatable bonds is 6. The Morgan fingerprint density at radius 1 is 1.36 bits per heavy atom. The average molecular weight is 303 g/mol. The van der Waals surface area contributed by atoms with Gasteiger partial charge in [-0.2, -0.15) is 5.26 Å². The number of nitrogens with zero attached hydrogens (tertiary/aromatic N) is 1. The molecule has 0 unspecified atom stereocenters. The lowest BCUT2D eigenvalue weighted by molar-refractivity contribution is -0.114. The highest BCUT2D eigenvalue weighted by Crippen LogP contribution is 2.32. The summed E-state index contributed by atoms with van der Waals surface area (Å²) >= 11 is 0. The summed E-state index contributed by atoms with van der Waals surface area (Å²) in [6, 6.07) is 4.85. The van der Waals surface area contributed by atoms with Crippen molar-refractivity contribution in [1.82, 2.24) is 0 Å². The van der Waals surface area contributed by atoms with Gasteiger partial charge in [-0.1, -0.05) is 0 Å². The third-order valence-electron chi connectivity index (χ3n) is 2.53. The van der Waals surface area contributed by atoms with Crippen LogP contribution in [-0.2, 0) is 9.53 Å². The monoisotopic (exact) mass is 303 g/mol. The van der Waals surface area contributed by atoms with Gasteiger partial charge in [0.25, 0.3) is 0 Å². The van der Waals surface area contributed by atoms with Crippen molar-refractivity contribution in [3.05, 3.63) is 30.0 Å². The molecule has 1 aromatic rings. The number of nitriles is 1. The largest absolute Gasteiger partial charge is 0.492 e. The van der Waals surface area contributed by atoms with Gasteiger partial charge in [-0.3, -0.25) is 4.79 Å². The lowest BCUT2D eigenvalue weighted by Gasteiger charge is -2.15. The highest BCUT2D eigenvalue weighted by Gasteiger charge is 2.17. The standard InChI is InChI=1S/C15H17N3O4/c1-4-22-14-9-12(17-7-5-6-16)11(15(20)21-3)8-13(14)18-10(2)19/h5,7-9,17H,4H2,1-3H3,(H,18,19)/b7-5+. The fourth-order valence-corrected chi connectivity index (χ4v) is 1.71. The summed E-state index contributed by atoms with van der Waals surface area (Å²) in [5.74, 6) is -0.470. The Morgan fingerprint density at radius 3 is 2.64 bits per heavy atom. The zero-order valence-corrected chi connectivity index (χ0v) is 12.6. The number of nitrogens with one attached hydrogen (secondary N) is 2. The van der Waals surface area contributed by atoms with Crippen LogP contribution in [0, 0.1) is 11.3 Å². The first-order valence-electron chi connectivity index (χ1n) is 6.51. The Balaban J connectivity index is 3.36. The van der Waals surface area contributed by atoms with E-state index in [1.807, 2.05) is 6.07 Å². The molecule has 22 heavy (non-hydrogen) atoms. The van der Waals surface area contributed by atoms with Crippen molar-refractivity contribution < 1.29 is 19.1 Å². The molecule has 0 aliphatic rings. The Kier molecular flexibility index (Phi) is 6.44. The lowest BCUT2D eigenvalue weighted by atomic mass is 10.1. The molecule has 1 aromatic carbocycles. The highest BCUT2D eigenvalue weighted by molar-refractivity contribution is 6.00. The number of anilines is 2. The number of hydrogen-bond donors (Lipinski definition) is 2. The first-order chi connectivity index (χ1) is 10.5. The maximum atomic E-state index is 11.9. The van der Waals surface area contributed by atoms with Crippen LogP contribution < -0.4 is 15.4 Å². The predicted molar refractivity (Wildman–Crippen MR) is 81.6 cm³/mol. The van der Waals surface area contributed by atoms with Crippen molar-refractivity contribution in [2.24, 2.45) is 0 Å². The SMILES string of the molecule is CCOc1cc(N/C=C/C#N)c(C(=O)OC)cc1NC(C)=O. The second-order valence-corrected chi connectivity index (χ2v) is 4.11. The molecule has 1 amide bonds. The van der Waals surface area contributed by atoms with E-state index in [1.54, 1.807) is 13.0 Å². The number of ether oxygens (including phenoxy) is 2. The molecular weight excluding hydrogens is 286 g/mol. The van der Waals surface area contributed by atoms with E-state index in [1.165, 1.54) is 32.4 Å². The van der Waals surface area contributed by atoms with Gasteiger partial charge in [0.05, 0.1) is 36.7 Å². The topological polar surface area (TPSA) is 100 Å². The first kappa shape index (κ1) is 17.0. The summed E-state index contributed by atoms with van der Waals surface area (Å²) in [6.45, 7) is 3.54. The van der Waals surface area contributed by atoms with E-state index in [-0.39, 0.29) is 11.5 Å². The number of amides is 1. The molecule has 0 heterocycles. The van der Waals surface area contributed by atoms with E-state index in [4.69, 9.17) is 14.7 Å². The Labute approximate surface area is 128 Å². The number of benzene rings is 1. The quantitative estimate of drug-likeness (QED) is 0.617. The van der Waals surface area contributed by atoms with Gasteiger partial charge >= 0.3 is 5.97 Å². The van der Waals surface area contributed by atoms with Crippen LogP contribution in [0.1, 0.15) is 24.2 Å². The summed E-state index contributed by atoms with van der Waals surface area (Å²) in [7, 11) is 1.26. The second-order valence-electron chi connectivity index (χ2n) is 4.11. The zero-order valence-electron chi connectivity index (χ0n) is 12.6. The number of carbonyl (C=O) groups is 2. The molecule has 2 N–H and O–H groups in total. The van der Waals surface area contributed by atoms with E-state index < -0.39 is 5.97 Å². The molecule has 0 fully saturated rings. The minimum absolute atomic E-state index is 0.206. The first-order valence-corrected chi connectivity index (χ1v) is 6.51. The van der Waals surface area contributed by atoms with Gasteiger partial charge in [-0.05, 0) is 13.0 Å². The summed E-state index contributed by atoms with van der Waals surface area (Å²) in [6.07, 6.45) is 2.61. The van der Waals surface area contributed by atoms with Gasteiger partial charge in [0, 0.05) is 25.3 Å². The summed E-state index contributed by atoms with van der Waals surface area (Å²) in [5.41, 5.74) is 0.970. The molecule has 0 aromatic heterocycles. The van der Waals surface area contributed by atoms with E-state index in [0.29, 0.717) is 23.7 Å². The molecule has 0 saturated heterocycles. The molecule has 0 spiro atoms. The van der Waals surface area contributed by atoms with Gasteiger partial charge in [-0.15, -0.1) is 0 Å². The Morgan fingerprint density at radius 2 is 2.09 bits per heavy atom. The van der Waals surface area contributed by atoms with Crippen molar-refractivity contribution in [3.8, 4) is 11.8 Å². The van der Waals surface area contributed by atoms with Crippen LogP contribution in [0.15, 0.2) is 24.4 Å². The van der Waals surface area contributed by atoms with Crippen LogP contribution in [0.4, 0.5) is 11.4 Å². The van der Waals surface area contributed by atoms with Crippen LogP contribution in [0.3, 0.4) is 0 Å². The fraction of sp³-hybridized carbons (Fsp3) is 0.267. The third kappa shape index (κ3) is 4.52. The van der Waals surface area contributed by atoms with E-state index in [0.717, 1.165) is 0 Å². The van der Waals surface area contributed by atoms with Crippen LogP contribution in [0.5, 0.6) is 5.75 Å². The molecule has 116 valence electrons. The third-order valence-corrected chi connectivity index (χ3v) is 2.53. The summed E-state index contributed by atoms with van der Waals surface area (Å²) in [5, 5.41) is 13.9. The van der Waals surface area contributed by atoms with E-state index in [2.05, 4.69) is 10.6 Å². The maximum absolute atomic E-state index is 11.9. The molecule has 1 rings (SSSR count). The molecule has 7 heteroatoms. The number of allylic oxidation sites excluding steroid dienone is 1. The molecule has 0 aliphatic carbocycles. The number of hydrogen-bond acceptors (Lipinski definition) is 6. The summed E-state index contributed by atoms with van der Waals surface area (Å²) < 4.78 is 10.2. The van der Waals surface area contributed by atoms with Crippen LogP contribution in [0.2, 0.25) is 0 Å². The molecule has 0 saturated carbocycles. The van der Waals surface area contributed by atoms with Crippen LogP contribution >= 0.6 is 0 Å². The molecule has 7 nitrogen and oxygen atoms in total. The van der Waals surface area contributed by atoms with Crippen molar-refractivity contribution in [1.29, 1.82) is 5.26 Å². The predicted octanol–water partition coefficient (Wildman–Crippen LogP) is 2.28. The minimum atomic E-state index is -0.581. The molecule has 0 bridgehead atoms. The second kappa shape index (κ2) is 8.32. The van der Waals surface area contributed by atoms with Gasteiger partial charge in [0.2, 0.25) is 5.91 Å². The van der Waals surface area contributed by atoms with Gasteiger partial charge < -0.3 is 20.1 Å². The molecular formula is C15H17N3O4. The average Bonchev–Trinajstić information content (AvgIpc) is 2.48. The smallest absolute Gasteiger partial charge is 0.340 e. The van der Waals surface area contributed by atoms with Gasteiger partial charge in [-0.25, -0.2) is 4.79 Å². The Hall–Kier alpha value is -3.01. The van der Waals surface area contributed by atoms with Crippen molar-refractivity contribution >= 4 is 23.3 Å². The van der Waals surface area contributed by atoms with E-state index in [9.17, 15) is 9.59 Å². The van der Waals surface area contributed by atoms with Crippen LogP contribution in [0.25, 0.3) is 0 Å². The Bertz CT molecular complexity index is 632. The lowest BCUT2D eigenvalue weighted by Crippen LogP contribution is -2.12.